The maximum atomic E-state index is 12.2. The number of hydrogen-bond acceptors (Lipinski definition) is 5. The van der Waals surface area contributed by atoms with Gasteiger partial charge in [-0.3, -0.25) is 0 Å². The Balaban J connectivity index is 2.19. The van der Waals surface area contributed by atoms with E-state index in [4.69, 9.17) is 10.5 Å². The van der Waals surface area contributed by atoms with Crippen LogP contribution in [0.4, 0.5) is 4.79 Å². The highest BCUT2D eigenvalue weighted by Gasteiger charge is 2.28. The van der Waals surface area contributed by atoms with Crippen LogP contribution in [-0.2, 0) is 4.74 Å². The first-order valence-corrected chi connectivity index (χ1v) is 7.86. The minimum Gasteiger partial charge on any atom is -0.444 e. The standard InChI is InChI=1S/C15H23N3O2S/c1-9-13(21-10(2)17-9)11-6-12(16)8-18(7-11)14(19)20-15(3,4)5/h6,12H,7-8,16H2,1-5H3. The van der Waals surface area contributed by atoms with Gasteiger partial charge < -0.3 is 15.4 Å². The average molecular weight is 309 g/mol. The van der Waals surface area contributed by atoms with Crippen molar-refractivity contribution in [3.8, 4) is 0 Å². The van der Waals surface area contributed by atoms with E-state index < -0.39 is 5.60 Å². The highest BCUT2D eigenvalue weighted by atomic mass is 32.1. The van der Waals surface area contributed by atoms with Gasteiger partial charge in [-0.05, 0) is 40.2 Å². The molecule has 1 amide bonds. The molecule has 0 aromatic carbocycles. The van der Waals surface area contributed by atoms with Crippen LogP contribution in [-0.4, -0.2) is 40.7 Å². The Labute approximate surface area is 129 Å². The summed E-state index contributed by atoms with van der Waals surface area (Å²) in [6.07, 6.45) is 1.71. The number of aromatic nitrogens is 1. The number of nitrogens with zero attached hydrogens (tertiary/aromatic N) is 2. The van der Waals surface area contributed by atoms with Crippen molar-refractivity contribution in [1.29, 1.82) is 0 Å². The molecule has 0 spiro atoms. The van der Waals surface area contributed by atoms with Crippen molar-refractivity contribution >= 4 is 23.0 Å². The van der Waals surface area contributed by atoms with Gasteiger partial charge in [0.15, 0.2) is 0 Å². The van der Waals surface area contributed by atoms with Crippen LogP contribution >= 0.6 is 11.3 Å². The molecule has 5 nitrogen and oxygen atoms in total. The number of rotatable bonds is 1. The highest BCUT2D eigenvalue weighted by molar-refractivity contribution is 7.12. The van der Waals surface area contributed by atoms with E-state index in [0.29, 0.717) is 13.1 Å². The summed E-state index contributed by atoms with van der Waals surface area (Å²) in [4.78, 5) is 19.5. The Morgan fingerprint density at radius 3 is 2.67 bits per heavy atom. The summed E-state index contributed by atoms with van der Waals surface area (Å²) >= 11 is 1.64. The fourth-order valence-corrected chi connectivity index (χ4v) is 3.27. The van der Waals surface area contributed by atoms with Crippen LogP contribution in [0.15, 0.2) is 6.08 Å². The molecule has 1 atom stereocenters. The van der Waals surface area contributed by atoms with Crippen molar-refractivity contribution in [2.75, 3.05) is 13.1 Å². The topological polar surface area (TPSA) is 68.5 Å². The zero-order valence-electron chi connectivity index (χ0n) is 13.3. The van der Waals surface area contributed by atoms with Gasteiger partial charge in [-0.1, -0.05) is 6.08 Å². The van der Waals surface area contributed by atoms with Gasteiger partial charge >= 0.3 is 6.09 Å². The van der Waals surface area contributed by atoms with E-state index in [1.165, 1.54) is 0 Å². The van der Waals surface area contributed by atoms with E-state index in [2.05, 4.69) is 4.98 Å². The number of amides is 1. The molecule has 0 aliphatic carbocycles. The van der Waals surface area contributed by atoms with Gasteiger partial charge in [0, 0.05) is 12.6 Å². The molecule has 21 heavy (non-hydrogen) atoms. The molecule has 1 aliphatic rings. The second-order valence-electron chi connectivity index (χ2n) is 6.36. The van der Waals surface area contributed by atoms with Crippen molar-refractivity contribution in [2.45, 2.75) is 46.3 Å². The van der Waals surface area contributed by atoms with E-state index in [0.717, 1.165) is 21.2 Å². The monoisotopic (exact) mass is 309 g/mol. The third-order valence-corrected chi connectivity index (χ3v) is 4.20. The first kappa shape index (κ1) is 16.0. The normalized spacial score (nSPS) is 19.4. The van der Waals surface area contributed by atoms with Crippen molar-refractivity contribution in [3.63, 3.8) is 0 Å². The van der Waals surface area contributed by atoms with Crippen LogP contribution in [0.5, 0.6) is 0 Å². The molecule has 0 saturated heterocycles. The van der Waals surface area contributed by atoms with Crippen molar-refractivity contribution in [1.82, 2.24) is 9.88 Å². The lowest BCUT2D eigenvalue weighted by molar-refractivity contribution is 0.0265. The highest BCUT2D eigenvalue weighted by Crippen LogP contribution is 2.29. The number of thiazole rings is 1. The Kier molecular flexibility index (Phi) is 4.39. The molecule has 0 radical (unpaired) electrons. The number of nitrogens with two attached hydrogens (primary N) is 1. The maximum absolute atomic E-state index is 12.2. The predicted molar refractivity (Wildman–Crippen MR) is 85.3 cm³/mol. The Hall–Kier alpha value is -1.40. The summed E-state index contributed by atoms with van der Waals surface area (Å²) < 4.78 is 5.44. The number of hydrogen-bond donors (Lipinski definition) is 1. The fourth-order valence-electron chi connectivity index (χ4n) is 2.33. The van der Waals surface area contributed by atoms with Gasteiger partial charge in [-0.15, -0.1) is 11.3 Å². The summed E-state index contributed by atoms with van der Waals surface area (Å²) in [6, 6.07) is -0.178. The molecule has 0 saturated carbocycles. The molecule has 1 aromatic rings. The van der Waals surface area contributed by atoms with Gasteiger partial charge in [0.1, 0.15) is 5.60 Å². The lowest BCUT2D eigenvalue weighted by Crippen LogP contribution is -2.46. The lowest BCUT2D eigenvalue weighted by Gasteiger charge is -2.32. The molecular formula is C15H23N3O2S. The third kappa shape index (κ3) is 4.04. The molecule has 0 fully saturated rings. The number of aryl methyl sites for hydroxylation is 2. The summed E-state index contributed by atoms with van der Waals surface area (Å²) in [5.41, 5.74) is 7.62. The van der Waals surface area contributed by atoms with Crippen molar-refractivity contribution in [3.05, 3.63) is 21.7 Å². The summed E-state index contributed by atoms with van der Waals surface area (Å²) in [7, 11) is 0. The average Bonchev–Trinajstić information content (AvgIpc) is 2.65. The van der Waals surface area contributed by atoms with Crippen molar-refractivity contribution < 1.29 is 9.53 Å². The van der Waals surface area contributed by atoms with E-state index in [9.17, 15) is 4.79 Å². The summed E-state index contributed by atoms with van der Waals surface area (Å²) in [5, 5.41) is 1.02. The summed E-state index contributed by atoms with van der Waals surface area (Å²) in [6.45, 7) is 10.6. The summed E-state index contributed by atoms with van der Waals surface area (Å²) in [5.74, 6) is 0. The van der Waals surface area contributed by atoms with E-state index >= 15 is 0 Å². The van der Waals surface area contributed by atoms with E-state index in [-0.39, 0.29) is 12.1 Å². The molecule has 1 aromatic heterocycles. The zero-order chi connectivity index (χ0) is 15.8. The van der Waals surface area contributed by atoms with E-state index in [1.54, 1.807) is 16.2 Å². The third-order valence-electron chi connectivity index (χ3n) is 3.05. The number of ether oxygens (including phenoxy) is 1. The Bertz CT molecular complexity index is 572. The molecule has 2 heterocycles. The fraction of sp³-hybridized carbons (Fsp3) is 0.600. The number of carbonyl (C=O) groups excluding carboxylic acids is 1. The van der Waals surface area contributed by atoms with Crippen LogP contribution in [0.1, 0.15) is 36.3 Å². The minimum absolute atomic E-state index is 0.178. The molecule has 1 aliphatic heterocycles. The zero-order valence-corrected chi connectivity index (χ0v) is 14.1. The quantitative estimate of drug-likeness (QED) is 0.866. The first-order chi connectivity index (χ1) is 9.65. The largest absolute Gasteiger partial charge is 0.444 e. The smallest absolute Gasteiger partial charge is 0.410 e. The predicted octanol–water partition coefficient (Wildman–Crippen LogP) is 2.72. The van der Waals surface area contributed by atoms with Gasteiger partial charge in [0.05, 0.1) is 22.1 Å². The molecule has 2 N–H and O–H groups in total. The SMILES string of the molecule is Cc1nc(C)c(C2=CC(N)CN(C(=O)OC(C)(C)C)C2)s1. The van der Waals surface area contributed by atoms with Crippen LogP contribution in [0.3, 0.4) is 0 Å². The van der Waals surface area contributed by atoms with Crippen LogP contribution in [0, 0.1) is 13.8 Å². The van der Waals surface area contributed by atoms with Crippen LogP contribution in [0.2, 0.25) is 0 Å². The van der Waals surface area contributed by atoms with Crippen LogP contribution < -0.4 is 5.73 Å². The van der Waals surface area contributed by atoms with Gasteiger partial charge in [0.2, 0.25) is 0 Å². The number of carbonyl (C=O) groups is 1. The molecule has 2 rings (SSSR count). The maximum Gasteiger partial charge on any atom is 0.410 e. The molecule has 0 bridgehead atoms. The second-order valence-corrected chi connectivity index (χ2v) is 7.57. The Morgan fingerprint density at radius 1 is 1.48 bits per heavy atom. The van der Waals surface area contributed by atoms with Gasteiger partial charge in [-0.25, -0.2) is 9.78 Å². The first-order valence-electron chi connectivity index (χ1n) is 7.04. The molecule has 116 valence electrons. The Morgan fingerprint density at radius 2 is 2.14 bits per heavy atom. The van der Waals surface area contributed by atoms with Crippen LogP contribution in [0.25, 0.3) is 5.57 Å². The molecule has 6 heteroatoms. The van der Waals surface area contributed by atoms with Gasteiger partial charge in [0.25, 0.3) is 0 Å². The second kappa shape index (κ2) is 5.77. The molecule has 1 unspecified atom stereocenters. The van der Waals surface area contributed by atoms with E-state index in [1.807, 2.05) is 40.7 Å². The lowest BCUT2D eigenvalue weighted by atomic mass is 10.0. The molecular weight excluding hydrogens is 286 g/mol. The van der Waals surface area contributed by atoms with Gasteiger partial charge in [-0.2, -0.15) is 0 Å². The van der Waals surface area contributed by atoms with Crippen molar-refractivity contribution in [2.24, 2.45) is 5.73 Å². The minimum atomic E-state index is -0.501.